The van der Waals surface area contributed by atoms with E-state index < -0.39 is 23.8 Å². The Morgan fingerprint density at radius 3 is 2.72 bits per heavy atom. The number of anilines is 1. The van der Waals surface area contributed by atoms with Gasteiger partial charge in [-0.25, -0.2) is 23.1 Å². The zero-order valence-corrected chi connectivity index (χ0v) is 21.4. The predicted molar refractivity (Wildman–Crippen MR) is 133 cm³/mol. The van der Waals surface area contributed by atoms with Crippen molar-refractivity contribution in [3.8, 4) is 0 Å². The van der Waals surface area contributed by atoms with Gasteiger partial charge in [-0.2, -0.15) is 0 Å². The number of hydrogen-bond acceptors (Lipinski definition) is 5. The first-order valence-corrected chi connectivity index (χ1v) is 13.0. The second kappa shape index (κ2) is 11.8. The van der Waals surface area contributed by atoms with E-state index in [2.05, 4.69) is 27.5 Å². The van der Waals surface area contributed by atoms with Crippen LogP contribution in [0.5, 0.6) is 0 Å². The highest BCUT2D eigenvalue weighted by Gasteiger charge is 2.31. The molecular weight excluding hydrogens is 491 g/mol. The fraction of sp³-hybridized carbons (Fsp3) is 0.577. The molecule has 1 amide bonds. The first kappa shape index (κ1) is 26.7. The maximum absolute atomic E-state index is 14.7. The summed E-state index contributed by atoms with van der Waals surface area (Å²) >= 11 is 6.15. The molecule has 0 bridgehead atoms. The third-order valence-electron chi connectivity index (χ3n) is 7.39. The van der Waals surface area contributed by atoms with Crippen molar-refractivity contribution in [1.29, 1.82) is 0 Å². The Morgan fingerprint density at radius 1 is 1.17 bits per heavy atom. The van der Waals surface area contributed by atoms with E-state index in [4.69, 9.17) is 11.6 Å². The van der Waals surface area contributed by atoms with E-state index in [0.29, 0.717) is 42.5 Å². The summed E-state index contributed by atoms with van der Waals surface area (Å²) in [6.07, 6.45) is 2.12. The minimum atomic E-state index is -2.91. The first-order chi connectivity index (χ1) is 17.2. The minimum Gasteiger partial charge on any atom is -0.363 e. The summed E-state index contributed by atoms with van der Waals surface area (Å²) in [5, 5.41) is 6.57. The number of nitrogens with one attached hydrogen (secondary N) is 2. The van der Waals surface area contributed by atoms with Gasteiger partial charge in [0.1, 0.15) is 11.6 Å². The van der Waals surface area contributed by atoms with Crippen molar-refractivity contribution in [2.75, 3.05) is 18.4 Å². The minimum absolute atomic E-state index is 0.00920. The highest BCUT2D eigenvalue weighted by molar-refractivity contribution is 6.28. The van der Waals surface area contributed by atoms with E-state index in [9.17, 15) is 18.0 Å². The fourth-order valence-electron chi connectivity index (χ4n) is 5.23. The Morgan fingerprint density at radius 2 is 1.94 bits per heavy atom. The van der Waals surface area contributed by atoms with E-state index >= 15 is 0 Å². The third-order valence-corrected chi connectivity index (χ3v) is 7.56. The number of carbonyl (C=O) groups is 1. The molecule has 0 spiro atoms. The second-order valence-corrected chi connectivity index (χ2v) is 10.2. The van der Waals surface area contributed by atoms with Crippen molar-refractivity contribution < 1.29 is 18.0 Å². The molecule has 3 heterocycles. The lowest BCUT2D eigenvalue weighted by atomic mass is 9.83. The molecule has 4 rings (SSSR count). The van der Waals surface area contributed by atoms with E-state index in [0.717, 1.165) is 32.0 Å². The van der Waals surface area contributed by atoms with Crippen LogP contribution in [-0.4, -0.2) is 33.9 Å². The van der Waals surface area contributed by atoms with Gasteiger partial charge >= 0.3 is 0 Å². The van der Waals surface area contributed by atoms with Crippen molar-refractivity contribution in [3.63, 3.8) is 0 Å². The fourth-order valence-corrected chi connectivity index (χ4v) is 5.41. The van der Waals surface area contributed by atoms with Crippen LogP contribution in [0.4, 0.5) is 19.0 Å². The highest BCUT2D eigenvalue weighted by Crippen LogP contribution is 2.34. The molecule has 2 unspecified atom stereocenters. The molecule has 196 valence electrons. The molecule has 2 aliphatic heterocycles. The lowest BCUT2D eigenvalue weighted by Gasteiger charge is -2.27. The number of amides is 1. The molecule has 36 heavy (non-hydrogen) atoms. The monoisotopic (exact) mass is 523 g/mol. The molecule has 1 aromatic carbocycles. The predicted octanol–water partition coefficient (Wildman–Crippen LogP) is 6.03. The summed E-state index contributed by atoms with van der Waals surface area (Å²) in [6, 6.07) is 3.29. The summed E-state index contributed by atoms with van der Waals surface area (Å²) in [5.41, 5.74) is 0.818. The smallest absolute Gasteiger partial charge is 0.266 e. The van der Waals surface area contributed by atoms with Gasteiger partial charge in [0.05, 0.1) is 30.4 Å². The number of halogens is 4. The Bertz CT molecular complexity index is 1080. The van der Waals surface area contributed by atoms with Gasteiger partial charge in [-0.1, -0.05) is 38.0 Å². The van der Waals surface area contributed by atoms with E-state index in [-0.39, 0.29) is 22.7 Å². The average Bonchev–Trinajstić information content (AvgIpc) is 3.23. The molecule has 6 nitrogen and oxygen atoms in total. The molecule has 1 aromatic heterocycles. The van der Waals surface area contributed by atoms with Gasteiger partial charge in [0.25, 0.3) is 6.43 Å². The van der Waals surface area contributed by atoms with Crippen molar-refractivity contribution in [3.05, 3.63) is 51.7 Å². The van der Waals surface area contributed by atoms with Crippen LogP contribution in [0.15, 0.2) is 18.2 Å². The van der Waals surface area contributed by atoms with Crippen LogP contribution in [0, 0.1) is 17.7 Å². The number of alkyl halides is 2. The Balaban J connectivity index is 1.45. The number of fused-ring (bicyclic) bond motifs is 1. The summed E-state index contributed by atoms with van der Waals surface area (Å²) in [5.74, 6) is 0.283. The van der Waals surface area contributed by atoms with Crippen molar-refractivity contribution in [2.24, 2.45) is 11.8 Å². The van der Waals surface area contributed by atoms with Crippen LogP contribution < -0.4 is 10.6 Å². The van der Waals surface area contributed by atoms with E-state index in [1.165, 1.54) is 25.0 Å². The quantitative estimate of drug-likeness (QED) is 0.434. The van der Waals surface area contributed by atoms with Crippen molar-refractivity contribution >= 4 is 23.3 Å². The van der Waals surface area contributed by atoms with Gasteiger partial charge in [0.2, 0.25) is 11.2 Å². The average molecular weight is 524 g/mol. The molecule has 0 aliphatic carbocycles. The van der Waals surface area contributed by atoms with Gasteiger partial charge < -0.3 is 15.5 Å². The largest absolute Gasteiger partial charge is 0.363 e. The lowest BCUT2D eigenvalue weighted by molar-refractivity contribution is -0.133. The van der Waals surface area contributed by atoms with Crippen LogP contribution in [0.2, 0.25) is 5.28 Å². The van der Waals surface area contributed by atoms with Gasteiger partial charge in [0, 0.05) is 17.5 Å². The molecule has 2 aliphatic rings. The van der Waals surface area contributed by atoms with Crippen molar-refractivity contribution in [2.45, 2.75) is 71.5 Å². The molecule has 3 atom stereocenters. The summed E-state index contributed by atoms with van der Waals surface area (Å²) < 4.78 is 41.0. The van der Waals surface area contributed by atoms with E-state index in [1.807, 2.05) is 0 Å². The number of hydrogen-bond donors (Lipinski definition) is 2. The van der Waals surface area contributed by atoms with Crippen molar-refractivity contribution in [1.82, 2.24) is 20.2 Å². The normalized spacial score (nSPS) is 20.0. The summed E-state index contributed by atoms with van der Waals surface area (Å²) in [6.45, 7) is 6.52. The maximum Gasteiger partial charge on any atom is 0.266 e. The van der Waals surface area contributed by atoms with Crippen LogP contribution >= 0.6 is 11.6 Å². The Hall–Kier alpha value is -2.39. The second-order valence-electron chi connectivity index (χ2n) is 9.91. The number of benzene rings is 1. The van der Waals surface area contributed by atoms with Crippen LogP contribution in [-0.2, 0) is 17.9 Å². The van der Waals surface area contributed by atoms with E-state index in [1.54, 1.807) is 11.8 Å². The Kier molecular flexibility index (Phi) is 8.72. The highest BCUT2D eigenvalue weighted by atomic mass is 35.5. The molecule has 10 heteroatoms. The lowest BCUT2D eigenvalue weighted by Crippen LogP contribution is -2.30. The topological polar surface area (TPSA) is 70.2 Å². The third kappa shape index (κ3) is 6.11. The van der Waals surface area contributed by atoms with Gasteiger partial charge in [-0.05, 0) is 56.3 Å². The van der Waals surface area contributed by atoms with Gasteiger partial charge in [-0.15, -0.1) is 0 Å². The van der Waals surface area contributed by atoms with Gasteiger partial charge in [-0.3, -0.25) is 4.79 Å². The number of carbonyl (C=O) groups excluding carboxylic acids is 1. The first-order valence-electron chi connectivity index (χ1n) is 12.6. The van der Waals surface area contributed by atoms with Gasteiger partial charge in [0.15, 0.2) is 0 Å². The number of nitrogens with zero attached hydrogens (tertiary/aromatic N) is 3. The summed E-state index contributed by atoms with van der Waals surface area (Å²) in [4.78, 5) is 23.5. The number of rotatable bonds is 7. The van der Waals surface area contributed by atoms with Crippen LogP contribution in [0.1, 0.15) is 80.8 Å². The molecular formula is C26H33ClF3N5O. The standard InChI is InChI=1S/C26H33ClF3N5O/c1-15(17-6-3-4-10-31-11-9-17)12-22(36)35-13-20-21(14-35)33-26(27)34-25(20)32-16(2)18-7-5-8-19(23(18)28)24(29)30/h5,7-8,15-17,24,31H,3-4,6,9-14H2,1-2H3,(H,32,33,34)/t15?,16-,17?/m1/s1. The molecule has 2 N–H and O–H groups in total. The molecule has 0 saturated carbocycles. The molecule has 1 fully saturated rings. The maximum atomic E-state index is 14.7. The molecule has 0 radical (unpaired) electrons. The zero-order valence-electron chi connectivity index (χ0n) is 20.7. The summed E-state index contributed by atoms with van der Waals surface area (Å²) in [7, 11) is 0. The number of aromatic nitrogens is 2. The van der Waals surface area contributed by atoms with Crippen LogP contribution in [0.3, 0.4) is 0 Å². The molecule has 2 aromatic rings. The SMILES string of the molecule is CC(CC(=O)N1Cc2nc(Cl)nc(N[C@H](C)c3cccc(C(F)F)c3F)c2C1)C1CCCCNCC1. The Labute approximate surface area is 215 Å². The molecule has 1 saturated heterocycles. The zero-order chi connectivity index (χ0) is 25.8. The van der Waals surface area contributed by atoms with Crippen LogP contribution in [0.25, 0.3) is 0 Å².